The van der Waals surface area contributed by atoms with Gasteiger partial charge in [0.1, 0.15) is 0 Å². The van der Waals surface area contributed by atoms with Crippen molar-refractivity contribution in [2.75, 3.05) is 0 Å². The average Bonchev–Trinajstić information content (AvgIpc) is 2.15. The van der Waals surface area contributed by atoms with E-state index in [0.29, 0.717) is 6.54 Å². The van der Waals surface area contributed by atoms with Crippen molar-refractivity contribution in [1.82, 2.24) is 0 Å². The number of hydrogen-bond acceptors (Lipinski definition) is 3. The first-order valence-corrected chi connectivity index (χ1v) is 5.81. The zero-order chi connectivity index (χ0) is 13.7. The van der Waals surface area contributed by atoms with Gasteiger partial charge in [-0.3, -0.25) is 4.55 Å². The third-order valence-corrected chi connectivity index (χ3v) is 2.20. The van der Waals surface area contributed by atoms with Crippen LogP contribution in [0.3, 0.4) is 0 Å². The first kappa shape index (κ1) is 15.9. The molecule has 4 nitrogen and oxygen atoms in total. The van der Waals surface area contributed by atoms with E-state index in [0.717, 1.165) is 0 Å². The molecule has 17 heavy (non-hydrogen) atoms. The molecular weight excluding hydrogens is 259 g/mol. The minimum atomic E-state index is -5.84. The largest absolute Gasteiger partial charge is 0.522 e. The number of aryl methyl sites for hydroxylation is 1. The Morgan fingerprint density at radius 2 is 1.82 bits per heavy atom. The van der Waals surface area contributed by atoms with Crippen LogP contribution in [0.25, 0.3) is 0 Å². The number of rotatable bonds is 1. The second-order valence-electron chi connectivity index (χ2n) is 3.11. The molecule has 0 aromatic heterocycles. The van der Waals surface area contributed by atoms with E-state index >= 15 is 0 Å². The van der Waals surface area contributed by atoms with Gasteiger partial charge in [-0.1, -0.05) is 29.8 Å². The van der Waals surface area contributed by atoms with Crippen molar-refractivity contribution in [1.29, 1.82) is 0 Å². The van der Waals surface area contributed by atoms with Crippen LogP contribution in [0.5, 0.6) is 0 Å². The summed E-state index contributed by atoms with van der Waals surface area (Å²) in [5, 5.41) is 0. The predicted molar refractivity (Wildman–Crippen MR) is 56.7 cm³/mol. The van der Waals surface area contributed by atoms with Gasteiger partial charge in [0.25, 0.3) is 0 Å². The molecule has 0 amide bonds. The predicted octanol–water partition coefficient (Wildman–Crippen LogP) is 1.85. The summed E-state index contributed by atoms with van der Waals surface area (Å²) in [7, 11) is -5.84. The van der Waals surface area contributed by atoms with Crippen LogP contribution in [0, 0.1) is 6.92 Å². The van der Waals surface area contributed by atoms with Gasteiger partial charge in [-0.2, -0.15) is 21.6 Å². The molecule has 98 valence electrons. The van der Waals surface area contributed by atoms with Crippen LogP contribution >= 0.6 is 0 Å². The fraction of sp³-hybridized carbons (Fsp3) is 0.333. The Hall–Kier alpha value is -1.12. The maximum Gasteiger partial charge on any atom is 0.522 e. The molecule has 3 N–H and O–H groups in total. The minimum Gasteiger partial charge on any atom is -0.326 e. The molecule has 1 rings (SSSR count). The normalized spacial score (nSPS) is 11.6. The second kappa shape index (κ2) is 5.99. The van der Waals surface area contributed by atoms with E-state index in [1.54, 1.807) is 0 Å². The zero-order valence-corrected chi connectivity index (χ0v) is 9.72. The molecule has 1 aromatic carbocycles. The average molecular weight is 271 g/mol. The van der Waals surface area contributed by atoms with Crippen LogP contribution in [0.4, 0.5) is 13.2 Å². The van der Waals surface area contributed by atoms with Crippen molar-refractivity contribution in [2.45, 2.75) is 19.0 Å². The van der Waals surface area contributed by atoms with Gasteiger partial charge in [0.2, 0.25) is 0 Å². The van der Waals surface area contributed by atoms with E-state index in [9.17, 15) is 13.2 Å². The fourth-order valence-corrected chi connectivity index (χ4v) is 0.839. The van der Waals surface area contributed by atoms with Gasteiger partial charge in [-0.15, -0.1) is 0 Å². The van der Waals surface area contributed by atoms with E-state index < -0.39 is 15.6 Å². The molecule has 0 radical (unpaired) electrons. The topological polar surface area (TPSA) is 80.4 Å². The number of nitrogens with two attached hydrogens (primary N) is 1. The number of alkyl halides is 3. The van der Waals surface area contributed by atoms with Gasteiger partial charge in [0.05, 0.1) is 0 Å². The summed E-state index contributed by atoms with van der Waals surface area (Å²) in [6.45, 7) is 2.71. The Morgan fingerprint density at radius 3 is 2.06 bits per heavy atom. The molecule has 1 aromatic rings. The standard InChI is InChI=1S/C8H11N.CHF3O3S/c1-7-3-2-4-8(5-7)6-9;2-1(3,4)8(5,6)7/h2-5H,6,9H2,1H3;(H,5,6,7). The highest BCUT2D eigenvalue weighted by Crippen LogP contribution is 2.20. The molecular formula is C9H12F3NO3S. The van der Waals surface area contributed by atoms with Crippen LogP contribution in [0.15, 0.2) is 24.3 Å². The highest BCUT2D eigenvalue weighted by molar-refractivity contribution is 7.86. The third-order valence-electron chi connectivity index (χ3n) is 1.61. The van der Waals surface area contributed by atoms with Gasteiger partial charge in [0.15, 0.2) is 0 Å². The smallest absolute Gasteiger partial charge is 0.326 e. The molecule has 0 saturated carbocycles. The summed E-state index contributed by atoms with van der Waals surface area (Å²) in [4.78, 5) is 0. The molecule has 0 aliphatic heterocycles. The monoisotopic (exact) mass is 271 g/mol. The maximum atomic E-state index is 10.7. The molecule has 0 atom stereocenters. The molecule has 0 unspecified atom stereocenters. The first-order chi connectivity index (χ1) is 7.58. The SMILES string of the molecule is Cc1cccc(CN)c1.O=S(=O)(O)C(F)(F)F. The molecule has 0 bridgehead atoms. The minimum absolute atomic E-state index is 0.641. The summed E-state index contributed by atoms with van der Waals surface area (Å²) < 4.78 is 57.5. The number of halogens is 3. The molecule has 0 spiro atoms. The Labute approximate surface area is 97.0 Å². The number of benzene rings is 1. The lowest BCUT2D eigenvalue weighted by molar-refractivity contribution is -0.0510. The molecule has 0 saturated heterocycles. The van der Waals surface area contributed by atoms with E-state index in [-0.39, 0.29) is 0 Å². The summed E-state index contributed by atoms with van der Waals surface area (Å²) in [6.07, 6.45) is 0. The maximum absolute atomic E-state index is 10.7. The van der Waals surface area contributed by atoms with Crippen LogP contribution in [-0.2, 0) is 16.7 Å². The Morgan fingerprint density at radius 1 is 1.35 bits per heavy atom. The van der Waals surface area contributed by atoms with Gasteiger partial charge in [-0.25, -0.2) is 0 Å². The lowest BCUT2D eigenvalue weighted by atomic mass is 10.1. The van der Waals surface area contributed by atoms with Gasteiger partial charge in [0, 0.05) is 6.54 Å². The molecule has 0 aliphatic rings. The van der Waals surface area contributed by atoms with Crippen molar-refractivity contribution in [3.63, 3.8) is 0 Å². The van der Waals surface area contributed by atoms with Crippen LogP contribution in [0.2, 0.25) is 0 Å². The van der Waals surface area contributed by atoms with Crippen LogP contribution < -0.4 is 5.73 Å². The van der Waals surface area contributed by atoms with Crippen molar-refractivity contribution in [3.05, 3.63) is 35.4 Å². The Bertz CT molecular complexity index is 457. The van der Waals surface area contributed by atoms with E-state index in [1.165, 1.54) is 11.1 Å². The molecule has 0 aliphatic carbocycles. The van der Waals surface area contributed by atoms with Gasteiger partial charge in [-0.05, 0) is 12.5 Å². The zero-order valence-electron chi connectivity index (χ0n) is 8.90. The first-order valence-electron chi connectivity index (χ1n) is 4.37. The molecule has 0 heterocycles. The quantitative estimate of drug-likeness (QED) is 0.603. The second-order valence-corrected chi connectivity index (χ2v) is 4.53. The Balaban J connectivity index is 0.000000304. The van der Waals surface area contributed by atoms with Crippen molar-refractivity contribution in [3.8, 4) is 0 Å². The summed E-state index contributed by atoms with van der Waals surface area (Å²) in [5.41, 5.74) is 2.36. The van der Waals surface area contributed by atoms with E-state index in [4.69, 9.17) is 18.7 Å². The third kappa shape index (κ3) is 6.25. The number of hydrogen-bond donors (Lipinski definition) is 2. The lowest BCUT2D eigenvalue weighted by Gasteiger charge is -1.97. The molecule has 8 heteroatoms. The van der Waals surface area contributed by atoms with Gasteiger partial charge < -0.3 is 5.73 Å². The van der Waals surface area contributed by atoms with E-state index in [2.05, 4.69) is 19.1 Å². The van der Waals surface area contributed by atoms with Crippen molar-refractivity contribution >= 4 is 10.1 Å². The van der Waals surface area contributed by atoms with Crippen molar-refractivity contribution in [2.24, 2.45) is 5.73 Å². The van der Waals surface area contributed by atoms with Crippen molar-refractivity contribution < 1.29 is 26.1 Å². The summed E-state index contributed by atoms with van der Waals surface area (Å²) in [6, 6.07) is 8.23. The summed E-state index contributed by atoms with van der Waals surface area (Å²) >= 11 is 0. The van der Waals surface area contributed by atoms with Crippen LogP contribution in [0.1, 0.15) is 11.1 Å². The van der Waals surface area contributed by atoms with Gasteiger partial charge >= 0.3 is 15.6 Å². The summed E-state index contributed by atoms with van der Waals surface area (Å²) in [5.74, 6) is 0. The fourth-order valence-electron chi connectivity index (χ4n) is 0.839. The Kier molecular flexibility index (Phi) is 5.59. The van der Waals surface area contributed by atoms with E-state index in [1.807, 2.05) is 12.1 Å². The molecule has 0 fully saturated rings. The lowest BCUT2D eigenvalue weighted by Crippen LogP contribution is -2.21. The van der Waals surface area contributed by atoms with Crippen LogP contribution in [-0.4, -0.2) is 18.5 Å². The highest BCUT2D eigenvalue weighted by Gasteiger charge is 2.44. The highest BCUT2D eigenvalue weighted by atomic mass is 32.2.